The van der Waals surface area contributed by atoms with Crippen molar-refractivity contribution in [1.82, 2.24) is 10.2 Å². The van der Waals surface area contributed by atoms with E-state index >= 15 is 0 Å². The number of likely N-dealkylation sites (N-methyl/N-ethyl adjacent to an activating group) is 1. The number of allylic oxidation sites excluding steroid dienone is 3. The Morgan fingerprint density at radius 2 is 1.88 bits per heavy atom. The second-order valence-electron chi connectivity index (χ2n) is 6.50. The summed E-state index contributed by atoms with van der Waals surface area (Å²) in [6.07, 6.45) is 6.53. The van der Waals surface area contributed by atoms with Crippen LogP contribution in [0.3, 0.4) is 0 Å². The molecule has 1 heterocycles. The highest BCUT2D eigenvalue weighted by atomic mass is 16.5. The van der Waals surface area contributed by atoms with Gasteiger partial charge in [0.2, 0.25) is 0 Å². The van der Waals surface area contributed by atoms with E-state index in [1.165, 1.54) is 11.3 Å². The zero-order valence-corrected chi connectivity index (χ0v) is 15.0. The minimum absolute atomic E-state index is 0.715. The number of anilines is 1. The van der Waals surface area contributed by atoms with E-state index in [2.05, 4.69) is 57.9 Å². The molecule has 0 radical (unpaired) electrons. The Kier molecular flexibility index (Phi) is 6.55. The third-order valence-corrected chi connectivity index (χ3v) is 4.53. The van der Waals surface area contributed by atoms with Crippen LogP contribution in [0, 0.1) is 0 Å². The van der Waals surface area contributed by atoms with Gasteiger partial charge in [0.15, 0.2) is 0 Å². The number of benzene rings is 1. The Bertz CT molecular complexity index is 672. The number of piperazine rings is 1. The first kappa shape index (κ1) is 17.6. The highest BCUT2D eigenvalue weighted by molar-refractivity contribution is 5.48. The van der Waals surface area contributed by atoms with Crippen LogP contribution in [0.25, 0.3) is 0 Å². The third-order valence-electron chi connectivity index (χ3n) is 4.53. The Morgan fingerprint density at radius 3 is 2.60 bits per heavy atom. The molecule has 4 heteroatoms. The smallest absolute Gasteiger partial charge is 0.128 e. The lowest BCUT2D eigenvalue weighted by molar-refractivity contribution is 0.219. The maximum absolute atomic E-state index is 5.65. The van der Waals surface area contributed by atoms with E-state index in [1.807, 2.05) is 18.2 Å². The topological polar surface area (TPSA) is 27.7 Å². The molecule has 0 unspecified atom stereocenters. The molecule has 0 amide bonds. The maximum Gasteiger partial charge on any atom is 0.128 e. The van der Waals surface area contributed by atoms with Crippen LogP contribution in [0.4, 0.5) is 5.69 Å². The molecule has 1 fully saturated rings. The first-order valence-corrected chi connectivity index (χ1v) is 9.05. The Hall–Kier alpha value is -2.22. The predicted molar refractivity (Wildman–Crippen MR) is 103 cm³/mol. The van der Waals surface area contributed by atoms with Crippen molar-refractivity contribution in [2.75, 3.05) is 51.3 Å². The van der Waals surface area contributed by atoms with Gasteiger partial charge in [-0.25, -0.2) is 0 Å². The minimum atomic E-state index is 0.715. The Labute approximate surface area is 150 Å². The van der Waals surface area contributed by atoms with Crippen LogP contribution in [-0.4, -0.2) is 51.3 Å². The molecule has 25 heavy (non-hydrogen) atoms. The van der Waals surface area contributed by atoms with Crippen LogP contribution in [0.5, 0.6) is 0 Å². The lowest BCUT2D eigenvalue weighted by atomic mass is 10.1. The van der Waals surface area contributed by atoms with Crippen molar-refractivity contribution in [3.8, 4) is 0 Å². The third kappa shape index (κ3) is 5.67. The molecule has 1 aliphatic carbocycles. The van der Waals surface area contributed by atoms with Gasteiger partial charge < -0.3 is 19.9 Å². The normalized spacial score (nSPS) is 17.0. The zero-order chi connectivity index (χ0) is 17.3. The van der Waals surface area contributed by atoms with Crippen LogP contribution >= 0.6 is 0 Å². The van der Waals surface area contributed by atoms with E-state index in [0.29, 0.717) is 6.61 Å². The van der Waals surface area contributed by atoms with E-state index in [9.17, 15) is 0 Å². The molecule has 0 bridgehead atoms. The van der Waals surface area contributed by atoms with Gasteiger partial charge in [0.05, 0.1) is 6.61 Å². The molecule has 0 atom stereocenters. The van der Waals surface area contributed by atoms with Crippen LogP contribution in [-0.2, 0) is 11.3 Å². The Balaban J connectivity index is 1.31. The van der Waals surface area contributed by atoms with Crippen molar-refractivity contribution >= 4 is 5.69 Å². The molecule has 2 aliphatic rings. The molecule has 1 aromatic rings. The minimum Gasteiger partial charge on any atom is -0.493 e. The molecule has 0 aromatic heterocycles. The molecule has 1 aromatic carbocycles. The van der Waals surface area contributed by atoms with Gasteiger partial charge >= 0.3 is 0 Å². The van der Waals surface area contributed by atoms with Gasteiger partial charge in [-0.15, -0.1) is 0 Å². The van der Waals surface area contributed by atoms with Crippen LogP contribution < -0.4 is 10.2 Å². The summed E-state index contributed by atoms with van der Waals surface area (Å²) >= 11 is 0. The van der Waals surface area contributed by atoms with Crippen molar-refractivity contribution in [1.29, 1.82) is 0 Å². The van der Waals surface area contributed by atoms with Gasteiger partial charge in [-0.2, -0.15) is 0 Å². The summed E-state index contributed by atoms with van der Waals surface area (Å²) in [5.74, 6) is 0.859. The summed E-state index contributed by atoms with van der Waals surface area (Å²) in [5, 5.41) is 3.48. The van der Waals surface area contributed by atoms with Gasteiger partial charge in [-0.05, 0) is 49.9 Å². The van der Waals surface area contributed by atoms with Gasteiger partial charge in [-0.3, -0.25) is 0 Å². The summed E-state index contributed by atoms with van der Waals surface area (Å²) in [4.78, 5) is 4.85. The molecule has 3 rings (SSSR count). The van der Waals surface area contributed by atoms with Crippen molar-refractivity contribution < 1.29 is 4.74 Å². The van der Waals surface area contributed by atoms with Crippen LogP contribution in [0.15, 0.2) is 59.7 Å². The van der Waals surface area contributed by atoms with Crippen molar-refractivity contribution in [2.24, 2.45) is 0 Å². The highest BCUT2D eigenvalue weighted by Gasteiger charge is 2.13. The SMILES string of the molecule is CN1CCN(c2ccc(CNCCCOC3=CC=C=C=C3)cc2)CC1. The quantitative estimate of drug-likeness (QED) is 0.583. The largest absolute Gasteiger partial charge is 0.493 e. The standard InChI is InChI=1S/C21H27N3O/c1-23-13-15-24(16-14-23)20-10-8-19(9-11-20)18-22-12-5-17-25-21-6-3-2-4-7-21/h3,6-11,22H,5,12-18H2,1H3. The first-order chi connectivity index (χ1) is 12.3. The molecule has 1 saturated heterocycles. The molecule has 132 valence electrons. The maximum atomic E-state index is 5.65. The first-order valence-electron chi connectivity index (χ1n) is 9.05. The van der Waals surface area contributed by atoms with E-state index in [-0.39, 0.29) is 0 Å². The van der Waals surface area contributed by atoms with E-state index in [0.717, 1.165) is 51.4 Å². The molecule has 0 saturated carbocycles. The lowest BCUT2D eigenvalue weighted by Crippen LogP contribution is -2.44. The number of rotatable bonds is 8. The fraction of sp³-hybridized carbons (Fsp3) is 0.429. The van der Waals surface area contributed by atoms with E-state index < -0.39 is 0 Å². The number of nitrogens with one attached hydrogen (secondary N) is 1. The average Bonchev–Trinajstić information content (AvgIpc) is 2.67. The highest BCUT2D eigenvalue weighted by Crippen LogP contribution is 2.17. The second kappa shape index (κ2) is 9.31. The van der Waals surface area contributed by atoms with Gasteiger partial charge in [0, 0.05) is 44.5 Å². The fourth-order valence-corrected chi connectivity index (χ4v) is 2.93. The van der Waals surface area contributed by atoms with Gasteiger partial charge in [-0.1, -0.05) is 23.6 Å². The molecule has 1 aliphatic heterocycles. The fourth-order valence-electron chi connectivity index (χ4n) is 2.93. The lowest BCUT2D eigenvalue weighted by Gasteiger charge is -2.34. The average molecular weight is 337 g/mol. The summed E-state index contributed by atoms with van der Waals surface area (Å²) in [7, 11) is 2.19. The molecular formula is C21H27N3O. The molecule has 4 nitrogen and oxygen atoms in total. The van der Waals surface area contributed by atoms with E-state index in [1.54, 1.807) is 0 Å². The predicted octanol–water partition coefficient (Wildman–Crippen LogP) is 2.70. The summed E-state index contributed by atoms with van der Waals surface area (Å²) in [6, 6.07) is 8.95. The zero-order valence-electron chi connectivity index (χ0n) is 15.0. The summed E-state index contributed by atoms with van der Waals surface area (Å²) in [6.45, 7) is 7.08. The molecule has 0 spiro atoms. The van der Waals surface area contributed by atoms with Crippen LogP contribution in [0.1, 0.15) is 12.0 Å². The van der Waals surface area contributed by atoms with Gasteiger partial charge in [0.1, 0.15) is 5.76 Å². The monoisotopic (exact) mass is 337 g/mol. The Morgan fingerprint density at radius 1 is 1.08 bits per heavy atom. The van der Waals surface area contributed by atoms with Crippen molar-refractivity contribution in [3.05, 3.63) is 65.3 Å². The molecular weight excluding hydrogens is 310 g/mol. The summed E-state index contributed by atoms with van der Waals surface area (Å²) in [5.41, 5.74) is 8.42. The van der Waals surface area contributed by atoms with Gasteiger partial charge in [0.25, 0.3) is 0 Å². The van der Waals surface area contributed by atoms with E-state index in [4.69, 9.17) is 4.74 Å². The van der Waals surface area contributed by atoms with Crippen molar-refractivity contribution in [3.63, 3.8) is 0 Å². The molecule has 1 N–H and O–H groups in total. The number of nitrogens with zero attached hydrogens (tertiary/aromatic N) is 2. The number of hydrogen-bond donors (Lipinski definition) is 1. The van der Waals surface area contributed by atoms with Crippen LogP contribution in [0.2, 0.25) is 0 Å². The number of ether oxygens (including phenoxy) is 1. The van der Waals surface area contributed by atoms with Crippen molar-refractivity contribution in [2.45, 2.75) is 13.0 Å². The second-order valence-corrected chi connectivity index (χ2v) is 6.50. The summed E-state index contributed by atoms with van der Waals surface area (Å²) < 4.78 is 5.65. The number of hydrogen-bond acceptors (Lipinski definition) is 4.